The lowest BCUT2D eigenvalue weighted by Gasteiger charge is -2.23. The summed E-state index contributed by atoms with van der Waals surface area (Å²) in [6.07, 6.45) is 0.456. The van der Waals surface area contributed by atoms with Crippen molar-refractivity contribution in [3.05, 3.63) is 33.9 Å². The highest BCUT2D eigenvalue weighted by Gasteiger charge is 2.18. The van der Waals surface area contributed by atoms with E-state index in [1.165, 1.54) is 12.1 Å². The summed E-state index contributed by atoms with van der Waals surface area (Å²) >= 11 is 0. The number of nitro benzene ring substituents is 1. The zero-order chi connectivity index (χ0) is 15.2. The van der Waals surface area contributed by atoms with Crippen LogP contribution < -0.4 is 10.6 Å². The van der Waals surface area contributed by atoms with Crippen LogP contribution in [0.15, 0.2) is 18.2 Å². The largest absolute Gasteiger partial charge is 0.385 e. The number of nitrogens with one attached hydrogen (secondary N) is 2. The van der Waals surface area contributed by atoms with E-state index in [4.69, 9.17) is 0 Å². The Morgan fingerprint density at radius 3 is 2.90 bits per heavy atom. The molecule has 1 aromatic rings. The van der Waals surface area contributed by atoms with Crippen LogP contribution in [0.3, 0.4) is 0 Å². The molecule has 0 amide bonds. The van der Waals surface area contributed by atoms with Crippen molar-refractivity contribution >= 4 is 11.4 Å². The first-order chi connectivity index (χ1) is 10.1. The highest BCUT2D eigenvalue weighted by atomic mass is 19.3. The summed E-state index contributed by atoms with van der Waals surface area (Å²) in [5.41, 5.74) is -0.349. The molecule has 5 nitrogen and oxygen atoms in total. The molecule has 21 heavy (non-hydrogen) atoms. The molecule has 116 valence electrons. The fraction of sp³-hybridized carbons (Fsp3) is 0.571. The molecule has 2 N–H and O–H groups in total. The van der Waals surface area contributed by atoms with Gasteiger partial charge >= 0.3 is 0 Å². The molecule has 2 rings (SSSR count). The number of nitro groups is 1. The highest BCUT2D eigenvalue weighted by molar-refractivity contribution is 5.56. The number of nitrogens with zero attached hydrogens (tertiary/aromatic N) is 1. The molecule has 1 aliphatic rings. The predicted molar refractivity (Wildman–Crippen MR) is 76.8 cm³/mol. The van der Waals surface area contributed by atoms with E-state index in [0.29, 0.717) is 12.5 Å². The van der Waals surface area contributed by atoms with Crippen molar-refractivity contribution in [3.63, 3.8) is 0 Å². The Kier molecular flexibility index (Phi) is 5.44. The number of hydrogen-bond acceptors (Lipinski definition) is 4. The molecular weight excluding hydrogens is 280 g/mol. The zero-order valence-electron chi connectivity index (χ0n) is 11.6. The summed E-state index contributed by atoms with van der Waals surface area (Å²) < 4.78 is 26.0. The fourth-order valence-electron chi connectivity index (χ4n) is 2.59. The minimum absolute atomic E-state index is 0.277. The van der Waals surface area contributed by atoms with Crippen LogP contribution in [0, 0.1) is 16.0 Å². The maximum absolute atomic E-state index is 13.0. The molecule has 1 aromatic carbocycles. The number of piperidine rings is 1. The van der Waals surface area contributed by atoms with Gasteiger partial charge in [0.25, 0.3) is 12.1 Å². The van der Waals surface area contributed by atoms with Crippen LogP contribution in [-0.2, 0) is 0 Å². The molecule has 0 spiro atoms. The molecule has 1 aliphatic heterocycles. The van der Waals surface area contributed by atoms with E-state index in [0.717, 1.165) is 38.4 Å². The first-order valence-electron chi connectivity index (χ1n) is 7.09. The molecule has 7 heteroatoms. The average molecular weight is 299 g/mol. The molecule has 1 heterocycles. The van der Waals surface area contributed by atoms with Gasteiger partial charge in [0.1, 0.15) is 0 Å². The van der Waals surface area contributed by atoms with Crippen LogP contribution in [0.1, 0.15) is 31.3 Å². The topological polar surface area (TPSA) is 67.2 Å². The van der Waals surface area contributed by atoms with E-state index < -0.39 is 11.3 Å². The monoisotopic (exact) mass is 299 g/mol. The van der Waals surface area contributed by atoms with Gasteiger partial charge < -0.3 is 10.6 Å². The molecule has 0 saturated carbocycles. The average Bonchev–Trinajstić information content (AvgIpc) is 2.48. The number of rotatable bonds is 6. The number of alkyl halides is 2. The molecule has 0 aromatic heterocycles. The fourth-order valence-corrected chi connectivity index (χ4v) is 2.59. The molecule has 1 unspecified atom stereocenters. The van der Waals surface area contributed by atoms with Gasteiger partial charge in [-0.3, -0.25) is 10.1 Å². The summed E-state index contributed by atoms with van der Waals surface area (Å²) in [4.78, 5) is 9.98. The molecule has 0 bridgehead atoms. The van der Waals surface area contributed by atoms with Gasteiger partial charge in [0, 0.05) is 29.9 Å². The molecule has 1 saturated heterocycles. The van der Waals surface area contributed by atoms with Crippen molar-refractivity contribution in [2.75, 3.05) is 25.0 Å². The number of benzene rings is 1. The predicted octanol–water partition coefficient (Wildman–Crippen LogP) is 3.33. The maximum Gasteiger partial charge on any atom is 0.270 e. The third kappa shape index (κ3) is 4.35. The normalized spacial score (nSPS) is 18.7. The first-order valence-corrected chi connectivity index (χ1v) is 7.09. The van der Waals surface area contributed by atoms with E-state index >= 15 is 0 Å². The smallest absolute Gasteiger partial charge is 0.270 e. The summed E-state index contributed by atoms with van der Waals surface area (Å²) in [5.74, 6) is 0.555. The third-order valence-electron chi connectivity index (χ3n) is 3.75. The Morgan fingerprint density at radius 2 is 2.29 bits per heavy atom. The van der Waals surface area contributed by atoms with Crippen LogP contribution >= 0.6 is 0 Å². The van der Waals surface area contributed by atoms with Gasteiger partial charge in [-0.15, -0.1) is 0 Å². The van der Waals surface area contributed by atoms with Crippen LogP contribution in [0.2, 0.25) is 0 Å². The zero-order valence-corrected chi connectivity index (χ0v) is 11.6. The van der Waals surface area contributed by atoms with Gasteiger partial charge in [0.2, 0.25) is 0 Å². The van der Waals surface area contributed by atoms with Crippen LogP contribution in [0.4, 0.5) is 20.2 Å². The summed E-state index contributed by atoms with van der Waals surface area (Å²) in [6, 6.07) is 3.55. The molecule has 0 aliphatic carbocycles. The minimum Gasteiger partial charge on any atom is -0.385 e. The van der Waals surface area contributed by atoms with Crippen molar-refractivity contribution in [2.45, 2.75) is 25.7 Å². The summed E-state index contributed by atoms with van der Waals surface area (Å²) in [6.45, 7) is 2.59. The molecule has 0 radical (unpaired) electrons. The quantitative estimate of drug-likeness (QED) is 0.624. The number of anilines is 1. The second-order valence-corrected chi connectivity index (χ2v) is 5.26. The van der Waals surface area contributed by atoms with Gasteiger partial charge in [-0.1, -0.05) is 0 Å². The van der Waals surface area contributed by atoms with Gasteiger partial charge in [0.05, 0.1) is 4.92 Å². The van der Waals surface area contributed by atoms with Gasteiger partial charge in [0.15, 0.2) is 0 Å². The van der Waals surface area contributed by atoms with Crippen molar-refractivity contribution in [2.24, 2.45) is 5.92 Å². The van der Waals surface area contributed by atoms with E-state index in [2.05, 4.69) is 10.6 Å². The van der Waals surface area contributed by atoms with Gasteiger partial charge in [-0.2, -0.15) is 0 Å². The Hall–Kier alpha value is -1.76. The lowest BCUT2D eigenvalue weighted by Crippen LogP contribution is -2.30. The number of hydrogen-bond donors (Lipinski definition) is 2. The Labute approximate surface area is 121 Å². The lowest BCUT2D eigenvalue weighted by molar-refractivity contribution is -0.385. The second-order valence-electron chi connectivity index (χ2n) is 5.26. The standard InChI is InChI=1S/C14H19F2N3O2/c15-14(16)12-8-11(19(20)21)3-4-13(12)18-7-5-10-2-1-6-17-9-10/h3-4,8,10,14,17-18H,1-2,5-7,9H2. The summed E-state index contributed by atoms with van der Waals surface area (Å²) in [7, 11) is 0. The first kappa shape index (κ1) is 15.6. The minimum atomic E-state index is -2.73. The van der Waals surface area contributed by atoms with E-state index in [9.17, 15) is 18.9 Å². The van der Waals surface area contributed by atoms with E-state index in [-0.39, 0.29) is 16.9 Å². The van der Waals surface area contributed by atoms with Crippen LogP contribution in [0.25, 0.3) is 0 Å². The Bertz CT molecular complexity index is 491. The van der Waals surface area contributed by atoms with Crippen molar-refractivity contribution in [1.82, 2.24) is 5.32 Å². The van der Waals surface area contributed by atoms with Crippen molar-refractivity contribution in [3.8, 4) is 0 Å². The van der Waals surface area contributed by atoms with Crippen LogP contribution in [-0.4, -0.2) is 24.6 Å². The third-order valence-corrected chi connectivity index (χ3v) is 3.75. The van der Waals surface area contributed by atoms with Gasteiger partial charge in [-0.05, 0) is 44.3 Å². The highest BCUT2D eigenvalue weighted by Crippen LogP contribution is 2.30. The van der Waals surface area contributed by atoms with E-state index in [1.807, 2.05) is 0 Å². The van der Waals surface area contributed by atoms with Crippen molar-refractivity contribution in [1.29, 1.82) is 0 Å². The number of halogens is 2. The van der Waals surface area contributed by atoms with Gasteiger partial charge in [-0.25, -0.2) is 8.78 Å². The second kappa shape index (κ2) is 7.31. The summed E-state index contributed by atoms with van der Waals surface area (Å²) in [5, 5.41) is 16.9. The van der Waals surface area contributed by atoms with Crippen LogP contribution in [0.5, 0.6) is 0 Å². The SMILES string of the molecule is O=[N+]([O-])c1ccc(NCCC2CCCNC2)c(C(F)F)c1. The van der Waals surface area contributed by atoms with Crippen molar-refractivity contribution < 1.29 is 13.7 Å². The molecule has 1 atom stereocenters. The molecular formula is C14H19F2N3O2. The Balaban J connectivity index is 1.96. The van der Waals surface area contributed by atoms with E-state index in [1.54, 1.807) is 0 Å². The maximum atomic E-state index is 13.0. The lowest BCUT2D eigenvalue weighted by atomic mass is 9.96. The Morgan fingerprint density at radius 1 is 1.48 bits per heavy atom. The number of non-ortho nitro benzene ring substituents is 1. The molecule has 1 fully saturated rings.